The van der Waals surface area contributed by atoms with Crippen molar-refractivity contribution in [2.24, 2.45) is 5.92 Å². The molecule has 0 unspecified atom stereocenters. The highest BCUT2D eigenvalue weighted by atomic mass is 35.5. The Kier molecular flexibility index (Phi) is 10.6. The average molecular weight is 522 g/mol. The summed E-state index contributed by atoms with van der Waals surface area (Å²) < 4.78 is 26.1. The molecule has 0 aliphatic heterocycles. The van der Waals surface area contributed by atoms with Crippen molar-refractivity contribution in [2.45, 2.75) is 53.1 Å². The van der Waals surface area contributed by atoms with Crippen LogP contribution in [0.15, 0.2) is 48.5 Å². The number of benzene rings is 2. The van der Waals surface area contributed by atoms with Crippen LogP contribution in [0.5, 0.6) is 0 Å². The molecule has 0 heterocycles. The zero-order valence-corrected chi connectivity index (χ0v) is 22.7. The van der Waals surface area contributed by atoms with E-state index in [4.69, 9.17) is 11.6 Å². The number of nitrogens with one attached hydrogen (secondary N) is 1. The number of rotatable bonds is 12. The minimum atomic E-state index is -3.52. The molecule has 0 spiro atoms. The van der Waals surface area contributed by atoms with Gasteiger partial charge in [0.1, 0.15) is 6.04 Å². The van der Waals surface area contributed by atoms with Crippen molar-refractivity contribution in [1.82, 2.24) is 10.2 Å². The van der Waals surface area contributed by atoms with Gasteiger partial charge in [0.2, 0.25) is 21.8 Å². The molecule has 0 aromatic heterocycles. The van der Waals surface area contributed by atoms with Gasteiger partial charge < -0.3 is 10.2 Å². The lowest BCUT2D eigenvalue weighted by atomic mass is 10.1. The second-order valence-electron chi connectivity index (χ2n) is 9.24. The fourth-order valence-corrected chi connectivity index (χ4v) is 4.69. The number of hydrogen-bond donors (Lipinski definition) is 1. The first-order chi connectivity index (χ1) is 16.4. The van der Waals surface area contributed by atoms with Crippen molar-refractivity contribution in [1.29, 1.82) is 0 Å². The molecular weight excluding hydrogens is 486 g/mol. The minimum absolute atomic E-state index is 0.104. The Morgan fingerprint density at radius 1 is 1.06 bits per heavy atom. The Hall–Kier alpha value is -2.58. The van der Waals surface area contributed by atoms with E-state index in [1.807, 2.05) is 39.0 Å². The lowest BCUT2D eigenvalue weighted by Crippen LogP contribution is -2.48. The Balaban J connectivity index is 2.15. The summed E-state index contributed by atoms with van der Waals surface area (Å²) in [6.07, 6.45) is 1.58. The molecule has 192 valence electrons. The predicted molar refractivity (Wildman–Crippen MR) is 142 cm³/mol. The first-order valence-corrected chi connectivity index (χ1v) is 14.0. The van der Waals surface area contributed by atoms with Gasteiger partial charge in [0.05, 0.1) is 11.9 Å². The Morgan fingerprint density at radius 2 is 1.71 bits per heavy atom. The Labute approximate surface area is 214 Å². The van der Waals surface area contributed by atoms with Crippen LogP contribution in [-0.4, -0.2) is 50.5 Å². The fraction of sp³-hybridized carbons (Fsp3) is 0.462. The average Bonchev–Trinajstić information content (AvgIpc) is 2.78. The summed E-state index contributed by atoms with van der Waals surface area (Å²) in [7, 11) is -3.52. The van der Waals surface area contributed by atoms with Crippen LogP contribution in [-0.2, 0) is 26.2 Å². The van der Waals surface area contributed by atoms with Crippen LogP contribution in [0.3, 0.4) is 0 Å². The molecule has 1 N–H and O–H groups in total. The van der Waals surface area contributed by atoms with Crippen LogP contribution in [0.4, 0.5) is 5.69 Å². The molecule has 0 aliphatic carbocycles. The minimum Gasteiger partial charge on any atom is -0.354 e. The van der Waals surface area contributed by atoms with E-state index in [-0.39, 0.29) is 37.2 Å². The summed E-state index contributed by atoms with van der Waals surface area (Å²) in [5, 5.41) is 3.48. The van der Waals surface area contributed by atoms with E-state index in [1.54, 1.807) is 37.3 Å². The smallest absolute Gasteiger partial charge is 0.242 e. The molecule has 0 saturated carbocycles. The molecular formula is C26H36ClN3O4S. The quantitative estimate of drug-likeness (QED) is 0.449. The summed E-state index contributed by atoms with van der Waals surface area (Å²) >= 11 is 5.99. The molecule has 2 aromatic rings. The van der Waals surface area contributed by atoms with Gasteiger partial charge in [-0.3, -0.25) is 13.9 Å². The van der Waals surface area contributed by atoms with Crippen LogP contribution in [0.2, 0.25) is 5.02 Å². The highest BCUT2D eigenvalue weighted by molar-refractivity contribution is 7.92. The van der Waals surface area contributed by atoms with Crippen molar-refractivity contribution >= 4 is 39.1 Å². The molecule has 2 rings (SSSR count). The third-order valence-corrected chi connectivity index (χ3v) is 7.01. The van der Waals surface area contributed by atoms with Crippen LogP contribution in [0.1, 0.15) is 44.7 Å². The number of amides is 2. The Bertz CT molecular complexity index is 1100. The highest BCUT2D eigenvalue weighted by Gasteiger charge is 2.26. The number of anilines is 1. The van der Waals surface area contributed by atoms with E-state index in [0.29, 0.717) is 23.7 Å². The molecule has 35 heavy (non-hydrogen) atoms. The van der Waals surface area contributed by atoms with E-state index in [0.717, 1.165) is 17.4 Å². The van der Waals surface area contributed by atoms with Crippen molar-refractivity contribution in [3.05, 3.63) is 64.7 Å². The Morgan fingerprint density at radius 3 is 2.29 bits per heavy atom. The van der Waals surface area contributed by atoms with Gasteiger partial charge >= 0.3 is 0 Å². The van der Waals surface area contributed by atoms with E-state index >= 15 is 0 Å². The molecule has 0 fully saturated rings. The molecule has 0 bridgehead atoms. The van der Waals surface area contributed by atoms with Crippen LogP contribution >= 0.6 is 11.6 Å². The van der Waals surface area contributed by atoms with Crippen molar-refractivity contribution in [3.63, 3.8) is 0 Å². The topological polar surface area (TPSA) is 86.8 Å². The number of carbonyl (C=O) groups excluding carboxylic acids is 2. The number of nitrogens with zero attached hydrogens (tertiary/aromatic N) is 2. The summed E-state index contributed by atoms with van der Waals surface area (Å²) in [5.41, 5.74) is 2.37. The van der Waals surface area contributed by atoms with Crippen LogP contribution in [0.25, 0.3) is 0 Å². The van der Waals surface area contributed by atoms with Crippen LogP contribution < -0.4 is 9.62 Å². The van der Waals surface area contributed by atoms with Gasteiger partial charge in [-0.25, -0.2) is 8.42 Å². The molecule has 2 amide bonds. The maximum atomic E-state index is 13.3. The number of halogens is 1. The van der Waals surface area contributed by atoms with Gasteiger partial charge in [0, 0.05) is 31.1 Å². The summed E-state index contributed by atoms with van der Waals surface area (Å²) in [6.45, 7) is 8.54. The van der Waals surface area contributed by atoms with Crippen molar-refractivity contribution in [3.8, 4) is 0 Å². The van der Waals surface area contributed by atoms with E-state index < -0.39 is 16.1 Å². The molecule has 2 aromatic carbocycles. The van der Waals surface area contributed by atoms with Gasteiger partial charge in [-0.1, -0.05) is 49.7 Å². The van der Waals surface area contributed by atoms with Gasteiger partial charge in [-0.2, -0.15) is 0 Å². The standard InChI is InChI=1S/C26H36ClN3O4S/c1-19(2)17-28-26(32)21(4)29(18-22-11-13-23(27)14-12-22)25(31)10-7-15-30(35(5,33)34)24-9-6-8-20(3)16-24/h6,8-9,11-14,16,19,21H,7,10,15,17-18H2,1-5H3,(H,28,32)/t21-/m0/s1. The zero-order chi connectivity index (χ0) is 26.2. The monoisotopic (exact) mass is 521 g/mol. The van der Waals surface area contributed by atoms with E-state index in [9.17, 15) is 18.0 Å². The first kappa shape index (κ1) is 28.7. The SMILES string of the molecule is Cc1cccc(N(CCCC(=O)N(Cc2ccc(Cl)cc2)[C@@H](C)C(=O)NCC(C)C)S(C)(=O)=O)c1. The number of hydrogen-bond acceptors (Lipinski definition) is 4. The largest absolute Gasteiger partial charge is 0.354 e. The third kappa shape index (κ3) is 9.18. The number of aryl methyl sites for hydroxylation is 1. The fourth-order valence-electron chi connectivity index (χ4n) is 3.61. The summed E-state index contributed by atoms with van der Waals surface area (Å²) in [4.78, 5) is 27.6. The summed E-state index contributed by atoms with van der Waals surface area (Å²) in [5.74, 6) is -0.154. The van der Waals surface area contributed by atoms with Gasteiger partial charge in [0.25, 0.3) is 0 Å². The first-order valence-electron chi connectivity index (χ1n) is 11.7. The maximum Gasteiger partial charge on any atom is 0.242 e. The van der Waals surface area contributed by atoms with E-state index in [2.05, 4.69) is 5.32 Å². The molecule has 7 nitrogen and oxygen atoms in total. The maximum absolute atomic E-state index is 13.3. The van der Waals surface area contributed by atoms with Crippen molar-refractivity contribution in [2.75, 3.05) is 23.7 Å². The lowest BCUT2D eigenvalue weighted by molar-refractivity contribution is -0.140. The number of sulfonamides is 1. The normalized spacial score (nSPS) is 12.3. The number of carbonyl (C=O) groups is 2. The molecule has 0 radical (unpaired) electrons. The van der Waals surface area contributed by atoms with Crippen LogP contribution in [0, 0.1) is 12.8 Å². The molecule has 0 saturated heterocycles. The zero-order valence-electron chi connectivity index (χ0n) is 21.1. The second kappa shape index (κ2) is 12.9. The molecule has 1 atom stereocenters. The molecule has 9 heteroatoms. The van der Waals surface area contributed by atoms with Gasteiger partial charge in [-0.05, 0) is 61.6 Å². The second-order valence-corrected chi connectivity index (χ2v) is 11.6. The highest BCUT2D eigenvalue weighted by Crippen LogP contribution is 2.20. The summed E-state index contributed by atoms with van der Waals surface area (Å²) in [6, 6.07) is 13.7. The van der Waals surface area contributed by atoms with Gasteiger partial charge in [-0.15, -0.1) is 0 Å². The van der Waals surface area contributed by atoms with E-state index in [1.165, 1.54) is 9.21 Å². The third-order valence-electron chi connectivity index (χ3n) is 5.56. The lowest BCUT2D eigenvalue weighted by Gasteiger charge is -2.29. The molecule has 0 aliphatic rings. The predicted octanol–water partition coefficient (Wildman–Crippen LogP) is 4.38. The van der Waals surface area contributed by atoms with Crippen molar-refractivity contribution < 1.29 is 18.0 Å². The van der Waals surface area contributed by atoms with Gasteiger partial charge in [0.15, 0.2) is 0 Å².